The summed E-state index contributed by atoms with van der Waals surface area (Å²) < 4.78 is 5.71. The van der Waals surface area contributed by atoms with Crippen LogP contribution in [0, 0.1) is 0 Å². The number of rotatable bonds is 6. The molecule has 23 heavy (non-hydrogen) atoms. The monoisotopic (exact) mass is 308 g/mol. The summed E-state index contributed by atoms with van der Waals surface area (Å²) >= 11 is 0. The highest BCUT2D eigenvalue weighted by molar-refractivity contribution is 5.90. The first-order chi connectivity index (χ1) is 11.0. The summed E-state index contributed by atoms with van der Waals surface area (Å²) in [6.07, 6.45) is 5.86. The quantitative estimate of drug-likeness (QED) is 0.802. The van der Waals surface area contributed by atoms with Gasteiger partial charge in [0.15, 0.2) is 0 Å². The fraction of sp³-hybridized carbons (Fsp3) is 0. The summed E-state index contributed by atoms with van der Waals surface area (Å²) in [4.78, 5) is 21.3. The second kappa shape index (κ2) is 7.61. The minimum absolute atomic E-state index is 0.490. The van der Waals surface area contributed by atoms with Crippen molar-refractivity contribution >= 4 is 24.0 Å². The molecule has 5 heteroatoms. The molecule has 0 saturated heterocycles. The highest BCUT2D eigenvalue weighted by atomic mass is 16.5. The Hall–Kier alpha value is -3.34. The molecule has 0 aliphatic carbocycles. The van der Waals surface area contributed by atoms with E-state index >= 15 is 0 Å². The minimum atomic E-state index is -0.490. The number of nitrogens with two attached hydrogens (primary N) is 2. The molecule has 0 aliphatic heterocycles. The molecule has 0 bridgehead atoms. The third-order valence-electron chi connectivity index (χ3n) is 2.88. The predicted octanol–water partition coefficient (Wildman–Crippen LogP) is 2.48. The molecule has 0 fully saturated rings. The number of hydrogen-bond acceptors (Lipinski definition) is 3. The molecule has 5 nitrogen and oxygen atoms in total. The van der Waals surface area contributed by atoms with Crippen molar-refractivity contribution in [3.05, 3.63) is 71.8 Å². The number of primary amides is 2. The number of carbonyl (C=O) groups excluding carboxylic acids is 2. The first-order valence-electron chi connectivity index (χ1n) is 6.86. The Morgan fingerprint density at radius 2 is 1.04 bits per heavy atom. The van der Waals surface area contributed by atoms with Gasteiger partial charge in [-0.1, -0.05) is 24.3 Å². The lowest BCUT2D eigenvalue weighted by atomic mass is 10.2. The van der Waals surface area contributed by atoms with E-state index in [1.165, 1.54) is 12.2 Å². The molecule has 4 N–H and O–H groups in total. The van der Waals surface area contributed by atoms with Gasteiger partial charge in [0.2, 0.25) is 11.8 Å². The first-order valence-corrected chi connectivity index (χ1v) is 6.86. The molecule has 116 valence electrons. The van der Waals surface area contributed by atoms with Crippen LogP contribution < -0.4 is 16.2 Å². The minimum Gasteiger partial charge on any atom is -0.457 e. The van der Waals surface area contributed by atoms with Gasteiger partial charge in [0, 0.05) is 12.2 Å². The molecule has 0 atom stereocenters. The topological polar surface area (TPSA) is 95.4 Å². The molecule has 0 aliphatic rings. The standard InChI is InChI=1S/C18H16N2O3/c19-17(21)11-5-13-1-7-15(8-2-13)23-16-9-3-14(4-10-16)6-12-18(20)22/h1-12H,(H2,19,21)(H2,20,22). The largest absolute Gasteiger partial charge is 0.457 e. The van der Waals surface area contributed by atoms with Crippen molar-refractivity contribution in [2.75, 3.05) is 0 Å². The van der Waals surface area contributed by atoms with E-state index in [9.17, 15) is 9.59 Å². The molecule has 2 aromatic carbocycles. The van der Waals surface area contributed by atoms with Crippen LogP contribution in [0.2, 0.25) is 0 Å². The fourth-order valence-corrected chi connectivity index (χ4v) is 1.79. The van der Waals surface area contributed by atoms with E-state index in [1.54, 1.807) is 36.4 Å². The van der Waals surface area contributed by atoms with Gasteiger partial charge in [0.05, 0.1) is 0 Å². The van der Waals surface area contributed by atoms with Crippen molar-refractivity contribution in [3.63, 3.8) is 0 Å². The third-order valence-corrected chi connectivity index (χ3v) is 2.88. The summed E-state index contributed by atoms with van der Waals surface area (Å²) in [5, 5.41) is 0. The number of carbonyl (C=O) groups is 2. The van der Waals surface area contributed by atoms with Crippen LogP contribution in [0.5, 0.6) is 11.5 Å². The zero-order valence-electron chi connectivity index (χ0n) is 12.3. The van der Waals surface area contributed by atoms with Crippen LogP contribution in [0.3, 0.4) is 0 Å². The Kier molecular flexibility index (Phi) is 5.30. The molecular formula is C18H16N2O3. The van der Waals surface area contributed by atoms with Crippen molar-refractivity contribution in [2.24, 2.45) is 11.5 Å². The lowest BCUT2D eigenvalue weighted by Gasteiger charge is -2.06. The molecule has 0 spiro atoms. The molecule has 0 radical (unpaired) electrons. The molecule has 0 saturated carbocycles. The molecular weight excluding hydrogens is 292 g/mol. The van der Waals surface area contributed by atoms with E-state index in [2.05, 4.69) is 0 Å². The van der Waals surface area contributed by atoms with Crippen LogP contribution >= 0.6 is 0 Å². The second-order valence-corrected chi connectivity index (χ2v) is 4.71. The van der Waals surface area contributed by atoms with Gasteiger partial charge >= 0.3 is 0 Å². The van der Waals surface area contributed by atoms with Crippen LogP contribution in [-0.2, 0) is 9.59 Å². The summed E-state index contributed by atoms with van der Waals surface area (Å²) in [5.74, 6) is 0.356. The summed E-state index contributed by atoms with van der Waals surface area (Å²) in [6, 6.07) is 14.4. The van der Waals surface area contributed by atoms with Crippen LogP contribution in [-0.4, -0.2) is 11.8 Å². The lowest BCUT2D eigenvalue weighted by Crippen LogP contribution is -2.05. The van der Waals surface area contributed by atoms with Crippen LogP contribution in [0.15, 0.2) is 60.7 Å². The smallest absolute Gasteiger partial charge is 0.241 e. The molecule has 2 aromatic rings. The molecule has 0 heterocycles. The van der Waals surface area contributed by atoms with Crippen molar-refractivity contribution in [3.8, 4) is 11.5 Å². The maximum Gasteiger partial charge on any atom is 0.241 e. The highest BCUT2D eigenvalue weighted by Gasteiger charge is 1.98. The average Bonchev–Trinajstić information content (AvgIpc) is 2.53. The zero-order chi connectivity index (χ0) is 16.7. The van der Waals surface area contributed by atoms with Crippen molar-refractivity contribution in [2.45, 2.75) is 0 Å². The van der Waals surface area contributed by atoms with E-state index in [4.69, 9.17) is 16.2 Å². The highest BCUT2D eigenvalue weighted by Crippen LogP contribution is 2.22. The van der Waals surface area contributed by atoms with Crippen molar-refractivity contribution in [1.82, 2.24) is 0 Å². The number of hydrogen-bond donors (Lipinski definition) is 2. The van der Waals surface area contributed by atoms with E-state index < -0.39 is 11.8 Å². The maximum atomic E-state index is 10.7. The van der Waals surface area contributed by atoms with Gasteiger partial charge in [-0.15, -0.1) is 0 Å². The van der Waals surface area contributed by atoms with E-state index in [1.807, 2.05) is 24.3 Å². The van der Waals surface area contributed by atoms with Crippen molar-refractivity contribution < 1.29 is 14.3 Å². The Bertz CT molecular complexity index is 679. The first kappa shape index (κ1) is 16.0. The Morgan fingerprint density at radius 3 is 1.35 bits per heavy atom. The fourth-order valence-electron chi connectivity index (χ4n) is 1.79. The Balaban J connectivity index is 2.01. The molecule has 2 amide bonds. The lowest BCUT2D eigenvalue weighted by molar-refractivity contribution is -0.114. The van der Waals surface area contributed by atoms with Crippen LogP contribution in [0.25, 0.3) is 12.2 Å². The van der Waals surface area contributed by atoms with Gasteiger partial charge < -0.3 is 16.2 Å². The van der Waals surface area contributed by atoms with E-state index in [0.29, 0.717) is 11.5 Å². The molecule has 2 rings (SSSR count). The number of ether oxygens (including phenoxy) is 1. The van der Waals surface area contributed by atoms with Gasteiger partial charge in [-0.3, -0.25) is 9.59 Å². The van der Waals surface area contributed by atoms with Crippen LogP contribution in [0.4, 0.5) is 0 Å². The van der Waals surface area contributed by atoms with Gasteiger partial charge in [-0.25, -0.2) is 0 Å². The number of amides is 2. The van der Waals surface area contributed by atoms with Gasteiger partial charge in [-0.2, -0.15) is 0 Å². The van der Waals surface area contributed by atoms with E-state index in [-0.39, 0.29) is 0 Å². The molecule has 0 aromatic heterocycles. The Labute approximate surface area is 133 Å². The molecule has 0 unspecified atom stereocenters. The second-order valence-electron chi connectivity index (χ2n) is 4.71. The van der Waals surface area contributed by atoms with Gasteiger partial charge in [-0.05, 0) is 47.5 Å². The Morgan fingerprint density at radius 1 is 0.696 bits per heavy atom. The summed E-state index contributed by atoms with van der Waals surface area (Å²) in [6.45, 7) is 0. The SMILES string of the molecule is NC(=O)C=Cc1ccc(Oc2ccc(C=CC(N)=O)cc2)cc1. The number of benzene rings is 2. The predicted molar refractivity (Wildman–Crippen MR) is 89.4 cm³/mol. The van der Waals surface area contributed by atoms with Gasteiger partial charge in [0.25, 0.3) is 0 Å². The van der Waals surface area contributed by atoms with Gasteiger partial charge in [0.1, 0.15) is 11.5 Å². The average molecular weight is 308 g/mol. The summed E-state index contributed by atoms with van der Waals surface area (Å²) in [7, 11) is 0. The van der Waals surface area contributed by atoms with Crippen molar-refractivity contribution in [1.29, 1.82) is 0 Å². The van der Waals surface area contributed by atoms with Crippen LogP contribution in [0.1, 0.15) is 11.1 Å². The third kappa shape index (κ3) is 5.51. The zero-order valence-corrected chi connectivity index (χ0v) is 12.3. The summed E-state index contributed by atoms with van der Waals surface area (Å²) in [5.41, 5.74) is 11.8. The maximum absolute atomic E-state index is 10.7. The van der Waals surface area contributed by atoms with E-state index in [0.717, 1.165) is 11.1 Å². The normalized spacial score (nSPS) is 11.0.